The topological polar surface area (TPSA) is 38.5 Å². The van der Waals surface area contributed by atoms with Crippen LogP contribution in [0.1, 0.15) is 44.9 Å². The fraction of sp³-hybridized carbons (Fsp3) is 1.00. The third kappa shape index (κ3) is 3.23. The zero-order valence-corrected chi connectivity index (χ0v) is 9.00. The number of nitrogens with zero attached hydrogens (tertiary/aromatic N) is 1. The summed E-state index contributed by atoms with van der Waals surface area (Å²) in [6.07, 6.45) is 8.71. The van der Waals surface area contributed by atoms with Gasteiger partial charge in [-0.2, -0.15) is 5.06 Å². The fourth-order valence-corrected chi connectivity index (χ4v) is 2.00. The van der Waals surface area contributed by atoms with E-state index in [1.165, 1.54) is 44.9 Å². The zero-order valence-electron chi connectivity index (χ0n) is 9.00. The minimum absolute atomic E-state index is 0.239. The summed E-state index contributed by atoms with van der Waals surface area (Å²) in [5.41, 5.74) is 6.26. The molecule has 3 heteroatoms. The maximum Gasteiger partial charge on any atom is 0.0685 e. The number of rotatable bonds is 5. The van der Waals surface area contributed by atoms with Gasteiger partial charge in [0, 0.05) is 18.6 Å². The second-order valence-electron chi connectivity index (χ2n) is 4.79. The Hall–Kier alpha value is -0.120. The molecule has 0 spiro atoms. The third-order valence-corrected chi connectivity index (χ3v) is 3.30. The van der Waals surface area contributed by atoms with Crippen molar-refractivity contribution in [2.75, 3.05) is 19.7 Å². The van der Waals surface area contributed by atoms with Gasteiger partial charge in [-0.25, -0.2) is 0 Å². The summed E-state index contributed by atoms with van der Waals surface area (Å²) in [6, 6.07) is 0. The molecule has 1 saturated carbocycles. The van der Waals surface area contributed by atoms with Gasteiger partial charge in [-0.15, -0.1) is 0 Å². The minimum atomic E-state index is 0.239. The van der Waals surface area contributed by atoms with Gasteiger partial charge in [-0.1, -0.05) is 6.42 Å². The van der Waals surface area contributed by atoms with E-state index in [-0.39, 0.29) is 5.54 Å². The molecule has 0 aromatic carbocycles. The van der Waals surface area contributed by atoms with Gasteiger partial charge in [0.2, 0.25) is 0 Å². The lowest BCUT2D eigenvalue weighted by Gasteiger charge is -2.25. The average molecular weight is 198 g/mol. The van der Waals surface area contributed by atoms with E-state index in [2.05, 4.69) is 5.06 Å². The minimum Gasteiger partial charge on any atom is -0.325 e. The average Bonchev–Trinajstić information content (AvgIpc) is 2.94. The van der Waals surface area contributed by atoms with E-state index >= 15 is 0 Å². The first kappa shape index (κ1) is 10.4. The number of hydrogen-bond donors (Lipinski definition) is 1. The van der Waals surface area contributed by atoms with Crippen molar-refractivity contribution in [3.05, 3.63) is 0 Å². The van der Waals surface area contributed by atoms with E-state index in [0.29, 0.717) is 0 Å². The third-order valence-electron chi connectivity index (χ3n) is 3.30. The molecule has 0 bridgehead atoms. The lowest BCUT2D eigenvalue weighted by molar-refractivity contribution is -0.180. The number of hydrogen-bond acceptors (Lipinski definition) is 3. The highest BCUT2D eigenvalue weighted by atomic mass is 16.7. The van der Waals surface area contributed by atoms with E-state index in [0.717, 1.165) is 19.7 Å². The molecule has 2 N–H and O–H groups in total. The Kier molecular flexibility index (Phi) is 3.42. The van der Waals surface area contributed by atoms with E-state index in [9.17, 15) is 0 Å². The molecule has 0 aromatic rings. The van der Waals surface area contributed by atoms with Crippen LogP contribution in [0.15, 0.2) is 0 Å². The summed E-state index contributed by atoms with van der Waals surface area (Å²) < 4.78 is 0. The van der Waals surface area contributed by atoms with Gasteiger partial charge in [-0.05, 0) is 38.5 Å². The quantitative estimate of drug-likeness (QED) is 0.683. The summed E-state index contributed by atoms with van der Waals surface area (Å²) in [5.74, 6) is 0. The van der Waals surface area contributed by atoms with Crippen LogP contribution in [0.3, 0.4) is 0 Å². The fourth-order valence-electron chi connectivity index (χ4n) is 2.00. The van der Waals surface area contributed by atoms with Gasteiger partial charge < -0.3 is 5.73 Å². The van der Waals surface area contributed by atoms with Crippen LogP contribution in [0.25, 0.3) is 0 Å². The van der Waals surface area contributed by atoms with Crippen molar-refractivity contribution in [2.45, 2.75) is 50.5 Å². The highest BCUT2D eigenvalue weighted by Gasteiger charge is 2.36. The summed E-state index contributed by atoms with van der Waals surface area (Å²) >= 11 is 0. The van der Waals surface area contributed by atoms with Crippen molar-refractivity contribution >= 4 is 0 Å². The molecule has 1 aliphatic heterocycles. The summed E-state index contributed by atoms with van der Waals surface area (Å²) in [6.45, 7) is 3.13. The molecule has 0 unspecified atom stereocenters. The van der Waals surface area contributed by atoms with Gasteiger partial charge in [0.15, 0.2) is 0 Å². The maximum absolute atomic E-state index is 6.02. The van der Waals surface area contributed by atoms with Gasteiger partial charge in [0.25, 0.3) is 0 Å². The smallest absolute Gasteiger partial charge is 0.0685 e. The van der Waals surface area contributed by atoms with Crippen LogP contribution in [0, 0.1) is 0 Å². The summed E-state index contributed by atoms with van der Waals surface area (Å²) in [7, 11) is 0. The van der Waals surface area contributed by atoms with Crippen LogP contribution in [-0.4, -0.2) is 30.3 Å². The lowest BCUT2D eigenvalue weighted by atomic mass is 10.1. The van der Waals surface area contributed by atoms with Gasteiger partial charge in [-0.3, -0.25) is 4.84 Å². The van der Waals surface area contributed by atoms with Crippen molar-refractivity contribution in [3.63, 3.8) is 0 Å². The molecule has 0 aromatic heterocycles. The Morgan fingerprint density at radius 2 is 2.07 bits per heavy atom. The number of unbranched alkanes of at least 4 members (excludes halogenated alkanes) is 1. The Morgan fingerprint density at radius 1 is 1.21 bits per heavy atom. The van der Waals surface area contributed by atoms with Crippen molar-refractivity contribution in [3.8, 4) is 0 Å². The molecule has 2 fully saturated rings. The highest BCUT2D eigenvalue weighted by molar-refractivity contribution is 4.98. The predicted molar refractivity (Wildman–Crippen MR) is 56.8 cm³/mol. The van der Waals surface area contributed by atoms with E-state index < -0.39 is 0 Å². The van der Waals surface area contributed by atoms with Crippen LogP contribution < -0.4 is 5.73 Å². The standard InChI is InChI=1S/C11H22N2O/c12-11(6-7-11)5-1-2-8-13-9-3-4-10-14-13/h1-10,12H2. The molecule has 1 aliphatic carbocycles. The van der Waals surface area contributed by atoms with Crippen LogP contribution in [-0.2, 0) is 4.84 Å². The number of hydroxylamine groups is 2. The van der Waals surface area contributed by atoms with Crippen LogP contribution in [0.4, 0.5) is 0 Å². The van der Waals surface area contributed by atoms with E-state index in [4.69, 9.17) is 10.6 Å². The molecule has 0 atom stereocenters. The second kappa shape index (κ2) is 4.60. The van der Waals surface area contributed by atoms with E-state index in [1.54, 1.807) is 0 Å². The first-order valence-electron chi connectivity index (χ1n) is 5.95. The maximum atomic E-state index is 6.02. The molecular weight excluding hydrogens is 176 g/mol. The van der Waals surface area contributed by atoms with Crippen molar-refractivity contribution in [1.29, 1.82) is 0 Å². The van der Waals surface area contributed by atoms with Gasteiger partial charge in [0.1, 0.15) is 0 Å². The number of nitrogens with two attached hydrogens (primary N) is 1. The second-order valence-corrected chi connectivity index (χ2v) is 4.79. The van der Waals surface area contributed by atoms with Crippen LogP contribution in [0.2, 0.25) is 0 Å². The summed E-state index contributed by atoms with van der Waals surface area (Å²) in [4.78, 5) is 5.53. The van der Waals surface area contributed by atoms with E-state index in [1.807, 2.05) is 0 Å². The molecule has 14 heavy (non-hydrogen) atoms. The van der Waals surface area contributed by atoms with Crippen molar-refractivity contribution in [1.82, 2.24) is 5.06 Å². The lowest BCUT2D eigenvalue weighted by Crippen LogP contribution is -2.31. The van der Waals surface area contributed by atoms with Crippen LogP contribution in [0.5, 0.6) is 0 Å². The van der Waals surface area contributed by atoms with Gasteiger partial charge in [0.05, 0.1) is 6.61 Å². The first-order chi connectivity index (χ1) is 6.79. The van der Waals surface area contributed by atoms with Crippen molar-refractivity contribution in [2.24, 2.45) is 5.73 Å². The first-order valence-corrected chi connectivity index (χ1v) is 5.95. The molecule has 0 amide bonds. The monoisotopic (exact) mass is 198 g/mol. The Morgan fingerprint density at radius 3 is 2.71 bits per heavy atom. The molecule has 82 valence electrons. The Balaban J connectivity index is 1.49. The largest absolute Gasteiger partial charge is 0.325 e. The Bertz CT molecular complexity index is 174. The molecule has 1 saturated heterocycles. The molecule has 2 rings (SSSR count). The molecule has 0 radical (unpaired) electrons. The molecular formula is C11H22N2O. The van der Waals surface area contributed by atoms with Crippen LogP contribution >= 0.6 is 0 Å². The predicted octanol–water partition coefficient (Wildman–Crippen LogP) is 1.68. The molecule has 3 nitrogen and oxygen atoms in total. The highest BCUT2D eigenvalue weighted by Crippen LogP contribution is 2.36. The zero-order chi connectivity index (χ0) is 9.86. The molecule has 2 aliphatic rings. The van der Waals surface area contributed by atoms with Crippen molar-refractivity contribution < 1.29 is 4.84 Å². The Labute approximate surface area is 86.5 Å². The normalized spacial score (nSPS) is 26.4. The van der Waals surface area contributed by atoms with Gasteiger partial charge >= 0.3 is 0 Å². The molecule has 1 heterocycles. The SMILES string of the molecule is NC1(CCCCN2CCCCO2)CC1. The summed E-state index contributed by atoms with van der Waals surface area (Å²) in [5, 5.41) is 2.12.